The van der Waals surface area contributed by atoms with Gasteiger partial charge in [0.05, 0.1) is 0 Å². The van der Waals surface area contributed by atoms with Crippen molar-refractivity contribution in [1.29, 1.82) is 0 Å². The molecule has 1 atom stereocenters. The van der Waals surface area contributed by atoms with E-state index in [-0.39, 0.29) is 11.9 Å². The van der Waals surface area contributed by atoms with Crippen LogP contribution in [0.2, 0.25) is 0 Å². The van der Waals surface area contributed by atoms with E-state index in [4.69, 9.17) is 4.74 Å². The highest BCUT2D eigenvalue weighted by Gasteiger charge is 2.17. The summed E-state index contributed by atoms with van der Waals surface area (Å²) in [6, 6.07) is 6.84. The second kappa shape index (κ2) is 5.30. The average molecular weight is 223 g/mol. The molecule has 1 aromatic rings. The number of benzene rings is 1. The van der Waals surface area contributed by atoms with Crippen molar-refractivity contribution in [3.05, 3.63) is 30.1 Å². The minimum atomic E-state index is -0.229. The summed E-state index contributed by atoms with van der Waals surface area (Å²) in [5.74, 6) is 0.497. The molecule has 0 saturated heterocycles. The van der Waals surface area contributed by atoms with Crippen LogP contribution in [0.5, 0.6) is 5.75 Å². The Bertz CT molecular complexity index is 321. The second-order valence-electron chi connectivity index (χ2n) is 4.42. The standard InChI is InChI=1S/C13H18FNO/c1-10(9-15-12-3-2-4-12)16-13-7-5-11(14)6-8-13/h5-8,10,12,15H,2-4,9H2,1H3. The van der Waals surface area contributed by atoms with Crippen LogP contribution in [0.4, 0.5) is 4.39 Å². The summed E-state index contributed by atoms with van der Waals surface area (Å²) >= 11 is 0. The Balaban J connectivity index is 1.73. The Kier molecular flexibility index (Phi) is 3.78. The van der Waals surface area contributed by atoms with Crippen molar-refractivity contribution < 1.29 is 9.13 Å². The normalized spacial score (nSPS) is 17.9. The molecular formula is C13H18FNO. The molecule has 3 heteroatoms. The quantitative estimate of drug-likeness (QED) is 0.828. The summed E-state index contributed by atoms with van der Waals surface area (Å²) in [5.41, 5.74) is 0. The zero-order valence-electron chi connectivity index (χ0n) is 9.58. The van der Waals surface area contributed by atoms with Gasteiger partial charge in [-0.25, -0.2) is 4.39 Å². The predicted octanol–water partition coefficient (Wildman–Crippen LogP) is 2.74. The molecule has 1 saturated carbocycles. The summed E-state index contributed by atoms with van der Waals surface area (Å²) in [4.78, 5) is 0. The monoisotopic (exact) mass is 223 g/mol. The van der Waals surface area contributed by atoms with Crippen molar-refractivity contribution in [2.45, 2.75) is 38.3 Å². The third-order valence-electron chi connectivity index (χ3n) is 2.95. The fraction of sp³-hybridized carbons (Fsp3) is 0.538. The van der Waals surface area contributed by atoms with Gasteiger partial charge < -0.3 is 10.1 Å². The SMILES string of the molecule is CC(CNC1CCC1)Oc1ccc(F)cc1. The first-order chi connectivity index (χ1) is 7.74. The van der Waals surface area contributed by atoms with E-state index in [1.54, 1.807) is 12.1 Å². The van der Waals surface area contributed by atoms with Crippen LogP contribution in [0.3, 0.4) is 0 Å². The average Bonchev–Trinajstić information content (AvgIpc) is 2.19. The van der Waals surface area contributed by atoms with Gasteiger partial charge in [0.2, 0.25) is 0 Å². The maximum atomic E-state index is 12.7. The number of hydrogen-bond donors (Lipinski definition) is 1. The van der Waals surface area contributed by atoms with E-state index in [0.29, 0.717) is 6.04 Å². The minimum absolute atomic E-state index is 0.117. The fourth-order valence-electron chi connectivity index (χ4n) is 1.73. The van der Waals surface area contributed by atoms with Gasteiger partial charge in [-0.05, 0) is 44.0 Å². The molecule has 2 nitrogen and oxygen atoms in total. The predicted molar refractivity (Wildman–Crippen MR) is 62.1 cm³/mol. The molecule has 0 bridgehead atoms. The van der Waals surface area contributed by atoms with Gasteiger partial charge in [0.15, 0.2) is 0 Å². The number of rotatable bonds is 5. The van der Waals surface area contributed by atoms with E-state index in [1.807, 2.05) is 6.92 Å². The molecule has 2 rings (SSSR count). The summed E-state index contributed by atoms with van der Waals surface area (Å²) < 4.78 is 18.3. The van der Waals surface area contributed by atoms with Crippen LogP contribution >= 0.6 is 0 Å². The van der Waals surface area contributed by atoms with Crippen molar-refractivity contribution >= 4 is 0 Å². The van der Waals surface area contributed by atoms with Gasteiger partial charge in [-0.1, -0.05) is 6.42 Å². The van der Waals surface area contributed by atoms with Crippen LogP contribution in [0, 0.1) is 5.82 Å². The lowest BCUT2D eigenvalue weighted by Crippen LogP contribution is -2.40. The van der Waals surface area contributed by atoms with Gasteiger partial charge in [0.1, 0.15) is 17.7 Å². The number of ether oxygens (including phenoxy) is 1. The van der Waals surface area contributed by atoms with E-state index >= 15 is 0 Å². The molecule has 1 fully saturated rings. The minimum Gasteiger partial charge on any atom is -0.489 e. The molecule has 1 aliphatic rings. The smallest absolute Gasteiger partial charge is 0.123 e. The molecule has 0 aliphatic heterocycles. The van der Waals surface area contributed by atoms with Gasteiger partial charge in [-0.2, -0.15) is 0 Å². The van der Waals surface area contributed by atoms with Gasteiger partial charge in [-0.15, -0.1) is 0 Å². The lowest BCUT2D eigenvalue weighted by atomic mass is 9.93. The van der Waals surface area contributed by atoms with E-state index in [1.165, 1.54) is 31.4 Å². The molecule has 1 aliphatic carbocycles. The molecule has 0 aromatic heterocycles. The second-order valence-corrected chi connectivity index (χ2v) is 4.42. The lowest BCUT2D eigenvalue weighted by molar-refractivity contribution is 0.199. The van der Waals surface area contributed by atoms with Crippen molar-refractivity contribution in [1.82, 2.24) is 5.32 Å². The summed E-state index contributed by atoms with van der Waals surface area (Å²) in [5, 5.41) is 3.45. The fourth-order valence-corrected chi connectivity index (χ4v) is 1.73. The van der Waals surface area contributed by atoms with E-state index in [2.05, 4.69) is 5.32 Å². The molecule has 1 aromatic carbocycles. The number of hydrogen-bond acceptors (Lipinski definition) is 2. The van der Waals surface area contributed by atoms with E-state index in [0.717, 1.165) is 12.3 Å². The van der Waals surface area contributed by atoms with Crippen LogP contribution < -0.4 is 10.1 Å². The van der Waals surface area contributed by atoms with Crippen LogP contribution in [0.25, 0.3) is 0 Å². The van der Waals surface area contributed by atoms with Crippen LogP contribution in [-0.2, 0) is 0 Å². The zero-order chi connectivity index (χ0) is 11.4. The highest BCUT2D eigenvalue weighted by molar-refractivity contribution is 5.22. The first-order valence-electron chi connectivity index (χ1n) is 5.89. The molecule has 1 N–H and O–H groups in total. The molecule has 88 valence electrons. The molecule has 0 spiro atoms. The first-order valence-corrected chi connectivity index (χ1v) is 5.89. The lowest BCUT2D eigenvalue weighted by Gasteiger charge is -2.28. The first kappa shape index (κ1) is 11.4. The van der Waals surface area contributed by atoms with Crippen molar-refractivity contribution in [2.24, 2.45) is 0 Å². The maximum absolute atomic E-state index is 12.7. The van der Waals surface area contributed by atoms with Gasteiger partial charge in [-0.3, -0.25) is 0 Å². The summed E-state index contributed by atoms with van der Waals surface area (Å²) in [6.45, 7) is 2.87. The molecule has 0 heterocycles. The topological polar surface area (TPSA) is 21.3 Å². The van der Waals surface area contributed by atoms with Crippen molar-refractivity contribution in [3.8, 4) is 5.75 Å². The van der Waals surface area contributed by atoms with Crippen LogP contribution in [-0.4, -0.2) is 18.7 Å². The molecule has 0 radical (unpaired) electrons. The Labute approximate surface area is 95.8 Å². The molecule has 0 amide bonds. The van der Waals surface area contributed by atoms with E-state index < -0.39 is 0 Å². The number of halogens is 1. The number of nitrogens with one attached hydrogen (secondary N) is 1. The van der Waals surface area contributed by atoms with Gasteiger partial charge >= 0.3 is 0 Å². The Morgan fingerprint density at radius 1 is 1.38 bits per heavy atom. The Morgan fingerprint density at radius 3 is 2.62 bits per heavy atom. The Hall–Kier alpha value is -1.09. The van der Waals surface area contributed by atoms with Gasteiger partial charge in [0, 0.05) is 12.6 Å². The third kappa shape index (κ3) is 3.20. The van der Waals surface area contributed by atoms with E-state index in [9.17, 15) is 4.39 Å². The van der Waals surface area contributed by atoms with Crippen molar-refractivity contribution in [3.63, 3.8) is 0 Å². The molecule has 16 heavy (non-hydrogen) atoms. The highest BCUT2D eigenvalue weighted by atomic mass is 19.1. The Morgan fingerprint density at radius 2 is 2.06 bits per heavy atom. The zero-order valence-corrected chi connectivity index (χ0v) is 9.58. The third-order valence-corrected chi connectivity index (χ3v) is 2.95. The van der Waals surface area contributed by atoms with Crippen LogP contribution in [0.1, 0.15) is 26.2 Å². The largest absolute Gasteiger partial charge is 0.489 e. The molecular weight excluding hydrogens is 205 g/mol. The van der Waals surface area contributed by atoms with Crippen LogP contribution in [0.15, 0.2) is 24.3 Å². The highest BCUT2D eigenvalue weighted by Crippen LogP contribution is 2.18. The van der Waals surface area contributed by atoms with Gasteiger partial charge in [0.25, 0.3) is 0 Å². The summed E-state index contributed by atoms with van der Waals surface area (Å²) in [7, 11) is 0. The maximum Gasteiger partial charge on any atom is 0.123 e. The van der Waals surface area contributed by atoms with Crippen molar-refractivity contribution in [2.75, 3.05) is 6.54 Å². The summed E-state index contributed by atoms with van der Waals surface area (Å²) in [6.07, 6.45) is 4.02. The molecule has 1 unspecified atom stereocenters.